The van der Waals surface area contributed by atoms with E-state index in [1.807, 2.05) is 54.2 Å². The molecule has 0 aliphatic heterocycles. The topological polar surface area (TPSA) is 88.5 Å². The molecule has 0 fully saturated rings. The number of aromatic nitrogens is 5. The molecule has 5 aromatic rings. The molecular formula is C24H22N6O. The number of amides is 1. The van der Waals surface area contributed by atoms with Crippen LogP contribution in [0.2, 0.25) is 0 Å². The maximum absolute atomic E-state index is 12.7. The Hall–Kier alpha value is -4.00. The van der Waals surface area contributed by atoms with Gasteiger partial charge >= 0.3 is 0 Å². The third-order valence-corrected chi connectivity index (χ3v) is 5.57. The molecule has 1 amide bonds. The molecule has 31 heavy (non-hydrogen) atoms. The molecule has 0 saturated heterocycles. The van der Waals surface area contributed by atoms with E-state index < -0.39 is 0 Å². The number of benzene rings is 2. The third kappa shape index (κ3) is 3.54. The molecule has 3 aromatic heterocycles. The number of hydrogen-bond donors (Lipinski definition) is 2. The zero-order valence-electron chi connectivity index (χ0n) is 17.3. The highest BCUT2D eigenvalue weighted by atomic mass is 16.2. The van der Waals surface area contributed by atoms with Gasteiger partial charge in [-0.2, -0.15) is 0 Å². The molecule has 0 bridgehead atoms. The summed E-state index contributed by atoms with van der Waals surface area (Å²) in [5, 5.41) is 7.35. The van der Waals surface area contributed by atoms with Crippen molar-refractivity contribution in [2.45, 2.75) is 12.8 Å². The second-order valence-corrected chi connectivity index (χ2v) is 7.71. The third-order valence-electron chi connectivity index (χ3n) is 5.57. The molecule has 0 spiro atoms. The second-order valence-electron chi connectivity index (χ2n) is 7.71. The van der Waals surface area contributed by atoms with Crippen molar-refractivity contribution < 1.29 is 4.79 Å². The monoisotopic (exact) mass is 410 g/mol. The Labute approximate surface area is 179 Å². The summed E-state index contributed by atoms with van der Waals surface area (Å²) < 4.78 is 1.94. The van der Waals surface area contributed by atoms with Crippen molar-refractivity contribution in [3.63, 3.8) is 0 Å². The van der Waals surface area contributed by atoms with Gasteiger partial charge in [-0.3, -0.25) is 19.6 Å². The predicted molar refractivity (Wildman–Crippen MR) is 121 cm³/mol. The summed E-state index contributed by atoms with van der Waals surface area (Å²) in [6, 6.07) is 18.0. The van der Waals surface area contributed by atoms with Crippen LogP contribution in [0.1, 0.15) is 29.0 Å². The quantitative estimate of drug-likeness (QED) is 0.458. The van der Waals surface area contributed by atoms with E-state index in [1.54, 1.807) is 12.4 Å². The van der Waals surface area contributed by atoms with Gasteiger partial charge in [0.1, 0.15) is 0 Å². The fourth-order valence-electron chi connectivity index (χ4n) is 3.83. The van der Waals surface area contributed by atoms with Gasteiger partial charge < -0.3 is 5.32 Å². The Kier molecular flexibility index (Phi) is 4.71. The fourth-order valence-corrected chi connectivity index (χ4v) is 3.83. The van der Waals surface area contributed by atoms with Gasteiger partial charge in [0.25, 0.3) is 5.91 Å². The zero-order chi connectivity index (χ0) is 21.4. The van der Waals surface area contributed by atoms with E-state index in [0.29, 0.717) is 17.6 Å². The lowest BCUT2D eigenvalue weighted by atomic mass is 10.0. The largest absolute Gasteiger partial charge is 0.349 e. The van der Waals surface area contributed by atoms with E-state index >= 15 is 0 Å². The molecule has 1 atom stereocenters. The van der Waals surface area contributed by atoms with Crippen LogP contribution in [-0.2, 0) is 7.05 Å². The fraction of sp³-hybridized carbons (Fsp3) is 0.167. The minimum absolute atomic E-state index is 0.194. The molecule has 7 nitrogen and oxygen atoms in total. The summed E-state index contributed by atoms with van der Waals surface area (Å²) in [6.07, 6.45) is 3.53. The van der Waals surface area contributed by atoms with Gasteiger partial charge in [0.15, 0.2) is 0 Å². The van der Waals surface area contributed by atoms with Crippen LogP contribution in [0, 0.1) is 0 Å². The lowest BCUT2D eigenvalue weighted by molar-refractivity contribution is 0.0942. The number of aryl methyl sites for hydroxylation is 1. The highest BCUT2D eigenvalue weighted by Gasteiger charge is 2.17. The van der Waals surface area contributed by atoms with Crippen LogP contribution in [0.4, 0.5) is 0 Å². The first kappa shape index (κ1) is 19.0. The van der Waals surface area contributed by atoms with E-state index in [1.165, 1.54) is 5.56 Å². The molecule has 0 aliphatic rings. The molecule has 154 valence electrons. The number of pyridine rings is 1. The summed E-state index contributed by atoms with van der Waals surface area (Å²) in [7, 11) is 1.95. The molecule has 0 radical (unpaired) electrons. The number of carbonyl (C=O) groups is 1. The molecule has 0 saturated carbocycles. The molecule has 2 aromatic carbocycles. The van der Waals surface area contributed by atoms with Crippen LogP contribution in [0.3, 0.4) is 0 Å². The number of carbonyl (C=O) groups excluding carboxylic acids is 1. The van der Waals surface area contributed by atoms with Crippen molar-refractivity contribution >= 4 is 27.8 Å². The van der Waals surface area contributed by atoms with E-state index in [9.17, 15) is 4.79 Å². The van der Waals surface area contributed by atoms with Crippen LogP contribution in [-0.4, -0.2) is 37.2 Å². The highest BCUT2D eigenvalue weighted by Crippen LogP contribution is 2.30. The summed E-state index contributed by atoms with van der Waals surface area (Å²) in [5.41, 5.74) is 5.58. The molecule has 0 aliphatic carbocycles. The van der Waals surface area contributed by atoms with Crippen LogP contribution < -0.4 is 5.32 Å². The summed E-state index contributed by atoms with van der Waals surface area (Å²) in [4.78, 5) is 25.7. The van der Waals surface area contributed by atoms with E-state index in [2.05, 4.69) is 44.4 Å². The summed E-state index contributed by atoms with van der Waals surface area (Å²) >= 11 is 0. The normalized spacial score (nSPS) is 12.3. The van der Waals surface area contributed by atoms with Gasteiger partial charge in [0.2, 0.25) is 5.82 Å². The highest BCUT2D eigenvalue weighted by molar-refractivity contribution is 6.02. The Morgan fingerprint density at radius 2 is 1.77 bits per heavy atom. The van der Waals surface area contributed by atoms with Crippen molar-refractivity contribution in [3.05, 3.63) is 78.4 Å². The van der Waals surface area contributed by atoms with Crippen molar-refractivity contribution in [1.29, 1.82) is 0 Å². The number of hydrogen-bond acceptors (Lipinski definition) is 4. The standard InChI is InChI=1S/C24H22N6O/c1-15(16-6-4-3-5-7-16)14-26-24(31)23-27-19-12-18-21(13-20(19)28-23)30(2)29-22(18)17-8-10-25-11-9-17/h3-13,15,29H,14H2,1-2H3,(H,26,31)/t15-/m0/s1. The van der Waals surface area contributed by atoms with Crippen molar-refractivity contribution in [3.8, 4) is 11.3 Å². The minimum atomic E-state index is -0.260. The minimum Gasteiger partial charge on any atom is -0.349 e. The van der Waals surface area contributed by atoms with E-state index in [-0.39, 0.29) is 17.6 Å². The lowest BCUT2D eigenvalue weighted by Gasteiger charge is -2.12. The second kappa shape index (κ2) is 7.68. The number of nitrogens with zero attached hydrogens (tertiary/aromatic N) is 4. The predicted octanol–water partition coefficient (Wildman–Crippen LogP) is 4.05. The van der Waals surface area contributed by atoms with Crippen LogP contribution in [0.25, 0.3) is 33.2 Å². The Morgan fingerprint density at radius 3 is 2.52 bits per heavy atom. The number of aromatic amines is 1. The van der Waals surface area contributed by atoms with Crippen molar-refractivity contribution in [2.75, 3.05) is 6.54 Å². The number of imidazole rings is 1. The van der Waals surface area contributed by atoms with Crippen molar-refractivity contribution in [2.24, 2.45) is 7.05 Å². The SMILES string of the molecule is C[C@@H](CNC(=O)c1nc2cc3c(-c4ccncc4)[nH]n(C)c3cc2n1)c1ccccc1. The molecule has 0 unspecified atom stereocenters. The first-order chi connectivity index (χ1) is 15.1. The zero-order valence-corrected chi connectivity index (χ0v) is 17.3. The number of rotatable bonds is 5. The average molecular weight is 410 g/mol. The Balaban J connectivity index is 1.43. The van der Waals surface area contributed by atoms with Crippen LogP contribution in [0.15, 0.2) is 67.0 Å². The summed E-state index contributed by atoms with van der Waals surface area (Å²) in [6.45, 7) is 2.61. The maximum atomic E-state index is 12.7. The van der Waals surface area contributed by atoms with Gasteiger partial charge in [-0.05, 0) is 35.7 Å². The van der Waals surface area contributed by atoms with Gasteiger partial charge in [0, 0.05) is 36.9 Å². The molecular weight excluding hydrogens is 388 g/mol. The molecule has 5 rings (SSSR count). The Morgan fingerprint density at radius 1 is 1.06 bits per heavy atom. The van der Waals surface area contributed by atoms with Gasteiger partial charge in [-0.15, -0.1) is 0 Å². The Bertz CT molecular complexity index is 1370. The van der Waals surface area contributed by atoms with Gasteiger partial charge in [-0.1, -0.05) is 37.3 Å². The van der Waals surface area contributed by atoms with Crippen LogP contribution in [0.5, 0.6) is 0 Å². The first-order valence-corrected chi connectivity index (χ1v) is 10.2. The van der Waals surface area contributed by atoms with E-state index in [4.69, 9.17) is 0 Å². The number of H-pyrrole nitrogens is 1. The van der Waals surface area contributed by atoms with Gasteiger partial charge in [0.05, 0.1) is 22.2 Å². The maximum Gasteiger partial charge on any atom is 0.289 e. The smallest absolute Gasteiger partial charge is 0.289 e. The average Bonchev–Trinajstić information content (AvgIpc) is 3.37. The first-order valence-electron chi connectivity index (χ1n) is 10.2. The summed E-state index contributed by atoms with van der Waals surface area (Å²) in [5.74, 6) is 0.138. The molecule has 2 N–H and O–H groups in total. The van der Waals surface area contributed by atoms with Crippen molar-refractivity contribution in [1.82, 2.24) is 30.0 Å². The van der Waals surface area contributed by atoms with Crippen LogP contribution >= 0.6 is 0 Å². The molecule has 3 heterocycles. The number of nitrogens with one attached hydrogen (secondary N) is 2. The lowest BCUT2D eigenvalue weighted by Crippen LogP contribution is -2.28. The molecule has 7 heteroatoms. The van der Waals surface area contributed by atoms with Gasteiger partial charge in [-0.25, -0.2) is 9.97 Å². The number of fused-ring (bicyclic) bond motifs is 2. The van der Waals surface area contributed by atoms with E-state index in [0.717, 1.165) is 22.2 Å².